The van der Waals surface area contributed by atoms with E-state index in [1.54, 1.807) is 6.08 Å². The van der Waals surface area contributed by atoms with Crippen molar-refractivity contribution >= 4 is 11.8 Å². The average molecular weight is 649 g/mol. The highest BCUT2D eigenvalue weighted by Crippen LogP contribution is 2.35. The summed E-state index contributed by atoms with van der Waals surface area (Å²) >= 11 is 0. The summed E-state index contributed by atoms with van der Waals surface area (Å²) in [6, 6.07) is -0.152. The van der Waals surface area contributed by atoms with E-state index >= 15 is 0 Å². The largest absolute Gasteiger partial charge is 0.462 e. The molecule has 264 valence electrons. The van der Waals surface area contributed by atoms with Crippen LogP contribution in [0.1, 0.15) is 99.3 Å². The molecule has 2 N–H and O–H groups in total. The van der Waals surface area contributed by atoms with Gasteiger partial charge in [0.2, 0.25) is 0 Å². The summed E-state index contributed by atoms with van der Waals surface area (Å²) in [5, 5.41) is 23.0. The number of aliphatic hydroxyl groups excluding tert-OH is 2. The number of aliphatic hydroxyl groups is 2. The van der Waals surface area contributed by atoms with E-state index in [0.717, 1.165) is 31.6 Å². The fraction of sp³-hybridized carbons (Fsp3) is 0.838. The number of nitrogens with zero attached hydrogens (tertiary/aromatic N) is 2. The van der Waals surface area contributed by atoms with Gasteiger partial charge in [-0.3, -0.25) is 9.59 Å². The van der Waals surface area contributed by atoms with Gasteiger partial charge >= 0.3 is 5.97 Å². The third kappa shape index (κ3) is 11.5. The Labute approximate surface area is 278 Å². The number of hydrogen-bond donors (Lipinski definition) is 2. The van der Waals surface area contributed by atoms with Crippen LogP contribution in [-0.4, -0.2) is 108 Å². The van der Waals surface area contributed by atoms with Crippen molar-refractivity contribution in [3.63, 3.8) is 0 Å². The Bertz CT molecular complexity index is 1010. The molecule has 0 bridgehead atoms. The normalized spacial score (nSPS) is 40.2. The Hall–Kier alpha value is -1.62. The van der Waals surface area contributed by atoms with Gasteiger partial charge in [-0.25, -0.2) is 0 Å². The lowest BCUT2D eigenvalue weighted by atomic mass is 9.79. The molecule has 3 aliphatic heterocycles. The van der Waals surface area contributed by atoms with Gasteiger partial charge in [0.15, 0.2) is 12.1 Å². The molecule has 0 amide bonds. The van der Waals surface area contributed by atoms with Gasteiger partial charge < -0.3 is 34.2 Å². The van der Waals surface area contributed by atoms with Gasteiger partial charge in [-0.05, 0) is 98.1 Å². The molecule has 0 saturated carbocycles. The van der Waals surface area contributed by atoms with Crippen LogP contribution in [0.15, 0.2) is 23.8 Å². The van der Waals surface area contributed by atoms with Gasteiger partial charge in [0, 0.05) is 23.8 Å². The Kier molecular flexibility index (Phi) is 15.9. The highest BCUT2D eigenvalue weighted by Gasteiger charge is 2.43. The quantitative estimate of drug-likeness (QED) is 0.363. The SMILES string of the molecule is CC[C@H]1OC(=O)CC(O)[C@H](C)[C@@H](O[C@@H]2O[C@H](C)C[C@H](N(C)C)[C@H]2O)[C@@H](CCN2CCCCCC2)C[C@@H](C)C(=O)/C=C/C(C)=C/[C@@H]1C. The number of rotatable bonds is 7. The summed E-state index contributed by atoms with van der Waals surface area (Å²) in [6.07, 6.45) is 8.98. The summed E-state index contributed by atoms with van der Waals surface area (Å²) < 4.78 is 18.9. The van der Waals surface area contributed by atoms with Crippen molar-refractivity contribution in [2.75, 3.05) is 33.7 Å². The molecule has 3 rings (SSSR count). The van der Waals surface area contributed by atoms with E-state index in [-0.39, 0.29) is 48.2 Å². The minimum absolute atomic E-state index is 0.0490. The molecular weight excluding hydrogens is 584 g/mol. The first-order chi connectivity index (χ1) is 21.8. The van der Waals surface area contributed by atoms with Crippen molar-refractivity contribution < 1.29 is 34.0 Å². The number of cyclic esters (lactones) is 1. The van der Waals surface area contributed by atoms with E-state index in [1.807, 2.05) is 72.7 Å². The minimum Gasteiger partial charge on any atom is -0.462 e. The number of ether oxygens (including phenoxy) is 3. The molecule has 2 fully saturated rings. The summed E-state index contributed by atoms with van der Waals surface area (Å²) in [5.74, 6) is -1.34. The van der Waals surface area contributed by atoms with Crippen molar-refractivity contribution in [2.45, 2.75) is 142 Å². The molecule has 9 heteroatoms. The van der Waals surface area contributed by atoms with Crippen molar-refractivity contribution in [2.24, 2.45) is 23.7 Å². The summed E-state index contributed by atoms with van der Waals surface area (Å²) in [7, 11) is 3.89. The Morgan fingerprint density at radius 1 is 1.00 bits per heavy atom. The zero-order valence-electron chi connectivity index (χ0n) is 29.9. The van der Waals surface area contributed by atoms with Crippen LogP contribution < -0.4 is 0 Å². The monoisotopic (exact) mass is 648 g/mol. The van der Waals surface area contributed by atoms with E-state index in [0.29, 0.717) is 19.3 Å². The number of likely N-dealkylation sites (tertiary alicyclic amines) is 1. The second-order valence-corrected chi connectivity index (χ2v) is 14.7. The van der Waals surface area contributed by atoms with Crippen LogP contribution in [0.5, 0.6) is 0 Å². The molecule has 3 heterocycles. The Balaban J connectivity index is 2.00. The van der Waals surface area contributed by atoms with Gasteiger partial charge in [-0.1, -0.05) is 58.3 Å². The molecule has 1 unspecified atom stereocenters. The fourth-order valence-electron chi connectivity index (χ4n) is 7.48. The minimum atomic E-state index is -1.04. The summed E-state index contributed by atoms with van der Waals surface area (Å²) in [4.78, 5) is 31.2. The maximum atomic E-state index is 13.5. The zero-order chi connectivity index (χ0) is 34.0. The molecule has 46 heavy (non-hydrogen) atoms. The number of hydrogen-bond acceptors (Lipinski definition) is 9. The molecule has 0 aromatic carbocycles. The first kappa shape index (κ1) is 38.8. The lowest BCUT2D eigenvalue weighted by Gasteiger charge is -2.44. The zero-order valence-corrected chi connectivity index (χ0v) is 29.9. The molecule has 0 aliphatic carbocycles. The molecule has 0 aromatic rings. The smallest absolute Gasteiger partial charge is 0.308 e. The second kappa shape index (κ2) is 18.8. The predicted octanol–water partition coefficient (Wildman–Crippen LogP) is 5.14. The van der Waals surface area contributed by atoms with Crippen LogP contribution in [0.4, 0.5) is 0 Å². The molecular formula is C37H64N2O7. The average Bonchev–Trinajstić information content (AvgIpc) is 3.28. The Morgan fingerprint density at radius 3 is 2.30 bits per heavy atom. The molecule has 0 radical (unpaired) electrons. The summed E-state index contributed by atoms with van der Waals surface area (Å²) in [6.45, 7) is 14.8. The van der Waals surface area contributed by atoms with Crippen LogP contribution in [0.2, 0.25) is 0 Å². The third-order valence-corrected chi connectivity index (χ3v) is 10.5. The summed E-state index contributed by atoms with van der Waals surface area (Å²) in [5.41, 5.74) is 0.940. The molecule has 0 spiro atoms. The van der Waals surface area contributed by atoms with Crippen molar-refractivity contribution in [3.8, 4) is 0 Å². The van der Waals surface area contributed by atoms with E-state index in [2.05, 4.69) is 4.90 Å². The first-order valence-electron chi connectivity index (χ1n) is 18.0. The van der Waals surface area contributed by atoms with Crippen LogP contribution in [0, 0.1) is 23.7 Å². The van der Waals surface area contributed by atoms with E-state index < -0.39 is 36.5 Å². The van der Waals surface area contributed by atoms with Gasteiger partial charge in [0.25, 0.3) is 0 Å². The second-order valence-electron chi connectivity index (χ2n) is 14.7. The third-order valence-electron chi connectivity index (χ3n) is 10.5. The lowest BCUT2D eigenvalue weighted by Crippen LogP contribution is -2.56. The maximum absolute atomic E-state index is 13.5. The van der Waals surface area contributed by atoms with Gasteiger partial charge in [0.1, 0.15) is 12.2 Å². The maximum Gasteiger partial charge on any atom is 0.308 e. The first-order valence-corrected chi connectivity index (χ1v) is 18.0. The Morgan fingerprint density at radius 2 is 1.67 bits per heavy atom. The standard InChI is InChI=1S/C37H64N2O7/c1-9-33-26(4)20-24(2)14-15-31(40)25(3)21-29(16-19-39-17-12-10-11-13-18-39)36(28(6)32(41)23-34(42)45-33)46-37-35(43)30(38(7)8)22-27(5)44-37/h14-15,20,25-30,32-33,35-37,41,43H,9-13,16-19,21-23H2,1-8H3/b15-14+,24-20+/t25-,26+,27-,28+,29+,30+,32?,33-,35-,36-,37+/m1/s1. The van der Waals surface area contributed by atoms with Crippen LogP contribution in [0.3, 0.4) is 0 Å². The number of allylic oxidation sites excluding steroid dienone is 3. The molecule has 0 aromatic heterocycles. The number of esters is 1. The van der Waals surface area contributed by atoms with Gasteiger partial charge in [-0.2, -0.15) is 0 Å². The van der Waals surface area contributed by atoms with Gasteiger partial charge in [0.05, 0.1) is 24.7 Å². The number of likely N-dealkylation sites (N-methyl/N-ethyl adjacent to an activating group) is 1. The van der Waals surface area contributed by atoms with E-state index in [1.165, 1.54) is 25.7 Å². The molecule has 3 aliphatic rings. The van der Waals surface area contributed by atoms with Gasteiger partial charge in [-0.15, -0.1) is 0 Å². The molecule has 11 atom stereocenters. The molecule has 2 saturated heterocycles. The lowest BCUT2D eigenvalue weighted by molar-refractivity contribution is -0.283. The topological polar surface area (TPSA) is 109 Å². The fourth-order valence-corrected chi connectivity index (χ4v) is 7.48. The highest BCUT2D eigenvalue weighted by molar-refractivity contribution is 5.91. The van der Waals surface area contributed by atoms with Crippen LogP contribution in [0.25, 0.3) is 0 Å². The van der Waals surface area contributed by atoms with E-state index in [4.69, 9.17) is 14.2 Å². The number of carbonyl (C=O) groups is 2. The van der Waals surface area contributed by atoms with Crippen LogP contribution >= 0.6 is 0 Å². The highest BCUT2D eigenvalue weighted by atomic mass is 16.7. The van der Waals surface area contributed by atoms with Crippen molar-refractivity contribution in [1.29, 1.82) is 0 Å². The molecule has 9 nitrogen and oxygen atoms in total. The number of ketones is 1. The predicted molar refractivity (Wildman–Crippen MR) is 181 cm³/mol. The number of carbonyl (C=O) groups excluding carboxylic acids is 2. The van der Waals surface area contributed by atoms with Crippen molar-refractivity contribution in [3.05, 3.63) is 23.8 Å². The van der Waals surface area contributed by atoms with Crippen molar-refractivity contribution in [1.82, 2.24) is 9.80 Å². The van der Waals surface area contributed by atoms with E-state index in [9.17, 15) is 19.8 Å². The van der Waals surface area contributed by atoms with Crippen LogP contribution in [-0.2, 0) is 23.8 Å².